The lowest BCUT2D eigenvalue weighted by molar-refractivity contribution is -0.122. The number of nitrogens with zero attached hydrogens (tertiary/aromatic N) is 1. The second kappa shape index (κ2) is 7.97. The van der Waals surface area contributed by atoms with Gasteiger partial charge in [0.25, 0.3) is 0 Å². The standard InChI is InChI=1S/C16H18Cl2N2OS/c1-11(14-6-5-12(17)8-15(14)18)20(2)10-16(21)19-9-13-4-3-7-22-13/h3-8,11H,9-10H2,1-2H3,(H,19,21). The van der Waals surface area contributed by atoms with Crippen LogP contribution < -0.4 is 5.32 Å². The SMILES string of the molecule is CC(c1ccc(Cl)cc1Cl)N(C)CC(=O)NCc1cccs1. The number of benzene rings is 1. The Balaban J connectivity index is 1.90. The van der Waals surface area contributed by atoms with E-state index in [-0.39, 0.29) is 11.9 Å². The molecule has 0 aliphatic carbocycles. The molecular formula is C16H18Cl2N2OS. The highest BCUT2D eigenvalue weighted by atomic mass is 35.5. The molecule has 0 aliphatic heterocycles. The van der Waals surface area contributed by atoms with E-state index >= 15 is 0 Å². The lowest BCUT2D eigenvalue weighted by atomic mass is 10.1. The Bertz CT molecular complexity index is 631. The number of hydrogen-bond acceptors (Lipinski definition) is 3. The van der Waals surface area contributed by atoms with E-state index in [1.54, 1.807) is 17.4 Å². The fourth-order valence-corrected chi connectivity index (χ4v) is 3.31. The van der Waals surface area contributed by atoms with E-state index in [1.165, 1.54) is 0 Å². The first-order chi connectivity index (χ1) is 10.5. The molecule has 0 radical (unpaired) electrons. The summed E-state index contributed by atoms with van der Waals surface area (Å²) in [6, 6.07) is 9.43. The summed E-state index contributed by atoms with van der Waals surface area (Å²) in [5, 5.41) is 6.15. The number of nitrogens with one attached hydrogen (secondary N) is 1. The van der Waals surface area contributed by atoms with Gasteiger partial charge in [-0.05, 0) is 43.1 Å². The van der Waals surface area contributed by atoms with Gasteiger partial charge in [-0.1, -0.05) is 35.3 Å². The summed E-state index contributed by atoms with van der Waals surface area (Å²) in [5.41, 5.74) is 0.958. The van der Waals surface area contributed by atoms with Crippen LogP contribution in [0.1, 0.15) is 23.4 Å². The number of halogens is 2. The number of thiophene rings is 1. The number of rotatable bonds is 6. The molecule has 0 aliphatic rings. The molecule has 0 saturated carbocycles. The molecule has 118 valence electrons. The molecule has 1 amide bonds. The van der Waals surface area contributed by atoms with Gasteiger partial charge in [0.15, 0.2) is 0 Å². The van der Waals surface area contributed by atoms with Gasteiger partial charge in [-0.25, -0.2) is 0 Å². The lowest BCUT2D eigenvalue weighted by Gasteiger charge is -2.25. The third-order valence-electron chi connectivity index (χ3n) is 3.51. The van der Waals surface area contributed by atoms with E-state index in [4.69, 9.17) is 23.2 Å². The van der Waals surface area contributed by atoms with Crippen LogP contribution in [0.4, 0.5) is 0 Å². The normalized spacial score (nSPS) is 12.4. The smallest absolute Gasteiger partial charge is 0.234 e. The third-order valence-corrected chi connectivity index (χ3v) is 4.95. The molecule has 2 rings (SSSR count). The van der Waals surface area contributed by atoms with E-state index in [9.17, 15) is 4.79 Å². The van der Waals surface area contributed by atoms with E-state index in [1.807, 2.05) is 48.5 Å². The molecule has 1 atom stereocenters. The summed E-state index contributed by atoms with van der Waals surface area (Å²) in [7, 11) is 1.90. The van der Waals surface area contributed by atoms with E-state index in [0.717, 1.165) is 10.4 Å². The third kappa shape index (κ3) is 4.71. The molecule has 1 aromatic heterocycles. The van der Waals surface area contributed by atoms with Crippen LogP contribution >= 0.6 is 34.5 Å². The zero-order valence-corrected chi connectivity index (χ0v) is 14.8. The van der Waals surface area contributed by atoms with Crippen molar-refractivity contribution < 1.29 is 4.79 Å². The number of amides is 1. The van der Waals surface area contributed by atoms with Gasteiger partial charge in [0, 0.05) is 21.0 Å². The summed E-state index contributed by atoms with van der Waals surface area (Å²) in [5.74, 6) is -0.00663. The highest BCUT2D eigenvalue weighted by Crippen LogP contribution is 2.28. The van der Waals surface area contributed by atoms with Crippen LogP contribution in [0.15, 0.2) is 35.7 Å². The highest BCUT2D eigenvalue weighted by Gasteiger charge is 2.17. The molecule has 1 aromatic carbocycles. The van der Waals surface area contributed by atoms with Gasteiger partial charge in [0.1, 0.15) is 0 Å². The van der Waals surface area contributed by atoms with Gasteiger partial charge in [-0.3, -0.25) is 9.69 Å². The van der Waals surface area contributed by atoms with Crippen LogP contribution in [0.5, 0.6) is 0 Å². The number of likely N-dealkylation sites (N-methyl/N-ethyl adjacent to an activating group) is 1. The highest BCUT2D eigenvalue weighted by molar-refractivity contribution is 7.09. The Morgan fingerprint density at radius 3 is 2.77 bits per heavy atom. The van der Waals surface area contributed by atoms with Crippen molar-refractivity contribution in [2.24, 2.45) is 0 Å². The Hall–Kier alpha value is -1.07. The molecule has 2 aromatic rings. The van der Waals surface area contributed by atoms with Crippen LogP contribution in [0.25, 0.3) is 0 Å². The second-order valence-corrected chi connectivity index (χ2v) is 6.99. The fourth-order valence-electron chi connectivity index (χ4n) is 2.10. The van der Waals surface area contributed by atoms with E-state index in [2.05, 4.69) is 5.32 Å². The van der Waals surface area contributed by atoms with Crippen LogP contribution in [0.3, 0.4) is 0 Å². The molecule has 1 unspecified atom stereocenters. The maximum Gasteiger partial charge on any atom is 0.234 e. The molecule has 0 saturated heterocycles. The van der Waals surface area contributed by atoms with Gasteiger partial charge in [0.2, 0.25) is 5.91 Å². The number of carbonyl (C=O) groups is 1. The Labute approximate surface area is 144 Å². The summed E-state index contributed by atoms with van der Waals surface area (Å²) in [6.07, 6.45) is 0. The van der Waals surface area contributed by atoms with E-state index < -0.39 is 0 Å². The Morgan fingerprint density at radius 2 is 2.14 bits per heavy atom. The minimum absolute atomic E-state index is 0.00663. The minimum atomic E-state index is -0.00663. The fraction of sp³-hybridized carbons (Fsp3) is 0.312. The summed E-state index contributed by atoms with van der Waals surface area (Å²) < 4.78 is 0. The lowest BCUT2D eigenvalue weighted by Crippen LogP contribution is -2.36. The van der Waals surface area contributed by atoms with Gasteiger partial charge in [-0.2, -0.15) is 0 Å². The first kappa shape index (κ1) is 17.3. The van der Waals surface area contributed by atoms with Gasteiger partial charge < -0.3 is 5.32 Å². The number of carbonyl (C=O) groups excluding carboxylic acids is 1. The molecule has 0 spiro atoms. The summed E-state index contributed by atoms with van der Waals surface area (Å²) in [6.45, 7) is 2.90. The largest absolute Gasteiger partial charge is 0.350 e. The van der Waals surface area contributed by atoms with Crippen LogP contribution in [0, 0.1) is 0 Å². The van der Waals surface area contributed by atoms with Crippen LogP contribution in [0.2, 0.25) is 10.0 Å². The molecule has 1 heterocycles. The summed E-state index contributed by atoms with van der Waals surface area (Å²) in [4.78, 5) is 15.1. The predicted molar refractivity (Wildman–Crippen MR) is 93.7 cm³/mol. The molecule has 0 fully saturated rings. The maximum atomic E-state index is 12.0. The predicted octanol–water partition coefficient (Wildman–Crippen LogP) is 4.36. The van der Waals surface area contributed by atoms with Crippen molar-refractivity contribution in [3.05, 3.63) is 56.2 Å². The topological polar surface area (TPSA) is 32.3 Å². The van der Waals surface area contributed by atoms with Gasteiger partial charge in [-0.15, -0.1) is 11.3 Å². The zero-order chi connectivity index (χ0) is 16.1. The Kier molecular flexibility index (Phi) is 6.26. The monoisotopic (exact) mass is 356 g/mol. The van der Waals surface area contributed by atoms with Gasteiger partial charge >= 0.3 is 0 Å². The molecule has 3 nitrogen and oxygen atoms in total. The average Bonchev–Trinajstić information content (AvgIpc) is 2.97. The first-order valence-corrected chi connectivity index (χ1v) is 8.55. The average molecular weight is 357 g/mol. The van der Waals surface area contributed by atoms with Crippen LogP contribution in [-0.4, -0.2) is 24.4 Å². The van der Waals surface area contributed by atoms with Crippen molar-refractivity contribution >= 4 is 40.4 Å². The molecule has 1 N–H and O–H groups in total. The first-order valence-electron chi connectivity index (χ1n) is 6.91. The maximum absolute atomic E-state index is 12.0. The number of hydrogen-bond donors (Lipinski definition) is 1. The molecule has 22 heavy (non-hydrogen) atoms. The van der Waals surface area contributed by atoms with Gasteiger partial charge in [0.05, 0.1) is 13.1 Å². The molecule has 0 bridgehead atoms. The van der Waals surface area contributed by atoms with Crippen molar-refractivity contribution in [3.63, 3.8) is 0 Å². The Morgan fingerprint density at radius 1 is 1.36 bits per heavy atom. The molecule has 6 heteroatoms. The van der Waals surface area contributed by atoms with Crippen molar-refractivity contribution in [1.29, 1.82) is 0 Å². The van der Waals surface area contributed by atoms with Crippen molar-refractivity contribution in [1.82, 2.24) is 10.2 Å². The second-order valence-electron chi connectivity index (χ2n) is 5.11. The summed E-state index contributed by atoms with van der Waals surface area (Å²) >= 11 is 13.8. The quantitative estimate of drug-likeness (QED) is 0.833. The zero-order valence-electron chi connectivity index (χ0n) is 12.5. The van der Waals surface area contributed by atoms with E-state index in [0.29, 0.717) is 23.1 Å². The minimum Gasteiger partial charge on any atom is -0.350 e. The van der Waals surface area contributed by atoms with Crippen molar-refractivity contribution in [2.75, 3.05) is 13.6 Å². The van der Waals surface area contributed by atoms with Crippen LogP contribution in [-0.2, 0) is 11.3 Å². The van der Waals surface area contributed by atoms with Crippen molar-refractivity contribution in [2.45, 2.75) is 19.5 Å². The van der Waals surface area contributed by atoms with Crippen molar-refractivity contribution in [3.8, 4) is 0 Å². The molecular weight excluding hydrogens is 339 g/mol.